The monoisotopic (exact) mass is 289 g/mol. The molecule has 0 saturated heterocycles. The summed E-state index contributed by atoms with van der Waals surface area (Å²) in [5.41, 5.74) is 0.739. The molecule has 6 heteroatoms. The van der Waals surface area contributed by atoms with Gasteiger partial charge in [0.2, 0.25) is 0 Å². The van der Waals surface area contributed by atoms with E-state index in [2.05, 4.69) is 17.6 Å². The molecule has 1 atom stereocenters. The fourth-order valence-corrected chi connectivity index (χ4v) is 1.92. The molecule has 0 aliphatic carbocycles. The molecule has 0 N–H and O–H groups in total. The van der Waals surface area contributed by atoms with Crippen LogP contribution in [-0.4, -0.2) is 15.5 Å². The largest absolute Gasteiger partial charge is 0.491 e. The second-order valence-corrected chi connectivity index (χ2v) is 5.80. The van der Waals surface area contributed by atoms with E-state index < -0.39 is 16.4 Å². The molecule has 0 aliphatic heterocycles. The van der Waals surface area contributed by atoms with Crippen LogP contribution >= 0.6 is 0 Å². The lowest BCUT2D eigenvalue weighted by molar-refractivity contribution is -0.385. The molecule has 1 rings (SSSR count). The highest BCUT2D eigenvalue weighted by molar-refractivity contribution is 5.43. The van der Waals surface area contributed by atoms with Crippen molar-refractivity contribution < 1.29 is 9.66 Å². The summed E-state index contributed by atoms with van der Waals surface area (Å²) >= 11 is 0. The molecular weight excluding hydrogens is 270 g/mol. The molecule has 0 amide bonds. The highest BCUT2D eigenvalue weighted by Gasteiger charge is 2.26. The van der Waals surface area contributed by atoms with Gasteiger partial charge in [-0.1, -0.05) is 6.58 Å². The first-order valence-electron chi connectivity index (χ1n) is 6.46. The Balaban J connectivity index is 3.25. The number of hydrogen-bond donors (Lipinski definition) is 0. The van der Waals surface area contributed by atoms with E-state index in [4.69, 9.17) is 4.74 Å². The minimum Gasteiger partial charge on any atom is -0.491 e. The molecule has 0 radical (unpaired) electrons. The van der Waals surface area contributed by atoms with E-state index in [0.717, 1.165) is 0 Å². The molecule has 1 aromatic rings. The summed E-state index contributed by atoms with van der Waals surface area (Å²) < 4.78 is 5.63. The topological polar surface area (TPSA) is 89.0 Å². The van der Waals surface area contributed by atoms with Gasteiger partial charge < -0.3 is 4.74 Å². The Hall–Kier alpha value is -2.42. The molecule has 21 heavy (non-hydrogen) atoms. The zero-order chi connectivity index (χ0) is 16.4. The van der Waals surface area contributed by atoms with Crippen molar-refractivity contribution in [2.75, 3.05) is 0 Å². The van der Waals surface area contributed by atoms with Gasteiger partial charge in [0.15, 0.2) is 0 Å². The summed E-state index contributed by atoms with van der Waals surface area (Å²) in [6, 6.07) is 3.52. The Morgan fingerprint density at radius 1 is 1.52 bits per heavy atom. The van der Waals surface area contributed by atoms with Gasteiger partial charge in [0.05, 0.1) is 16.7 Å². The summed E-state index contributed by atoms with van der Waals surface area (Å²) in [6.45, 7) is 12.6. The van der Waals surface area contributed by atoms with Crippen LogP contribution in [0.2, 0.25) is 0 Å². The number of rotatable bonds is 4. The highest BCUT2D eigenvalue weighted by atomic mass is 16.6. The fourth-order valence-electron chi connectivity index (χ4n) is 1.92. The van der Waals surface area contributed by atoms with Crippen LogP contribution in [0.25, 0.3) is 0 Å². The van der Waals surface area contributed by atoms with Crippen molar-refractivity contribution in [1.82, 2.24) is 4.98 Å². The number of nitriles is 1. The van der Waals surface area contributed by atoms with Crippen LogP contribution < -0.4 is 0 Å². The predicted molar refractivity (Wildman–Crippen MR) is 78.7 cm³/mol. The standard InChI is InChI=1S/C15H19N3O3/c1-9-7-13(18(19)20)10(2)17-14(9)12(8-16)11(3)21-15(4,5)6/h7,12H,3H2,1-2,4-6H3. The van der Waals surface area contributed by atoms with Crippen LogP contribution in [0.5, 0.6) is 0 Å². The number of allylic oxidation sites excluding steroid dienone is 1. The van der Waals surface area contributed by atoms with Gasteiger partial charge in [-0.05, 0) is 40.2 Å². The molecule has 0 aromatic carbocycles. The number of nitro groups is 1. The lowest BCUT2D eigenvalue weighted by Gasteiger charge is -2.25. The Kier molecular flexibility index (Phi) is 4.69. The van der Waals surface area contributed by atoms with Crippen molar-refractivity contribution >= 4 is 5.69 Å². The van der Waals surface area contributed by atoms with E-state index in [1.54, 1.807) is 13.8 Å². The summed E-state index contributed by atoms with van der Waals surface area (Å²) in [5.74, 6) is -0.474. The van der Waals surface area contributed by atoms with E-state index in [0.29, 0.717) is 11.3 Å². The van der Waals surface area contributed by atoms with Gasteiger partial charge in [-0.15, -0.1) is 0 Å². The molecular formula is C15H19N3O3. The van der Waals surface area contributed by atoms with Crippen molar-refractivity contribution in [1.29, 1.82) is 5.26 Å². The van der Waals surface area contributed by atoms with Crippen molar-refractivity contribution in [3.8, 4) is 6.07 Å². The van der Waals surface area contributed by atoms with Crippen LogP contribution in [0, 0.1) is 35.3 Å². The molecule has 0 bridgehead atoms. The zero-order valence-electron chi connectivity index (χ0n) is 12.9. The Labute approximate surface area is 124 Å². The van der Waals surface area contributed by atoms with E-state index >= 15 is 0 Å². The van der Waals surface area contributed by atoms with Gasteiger partial charge in [0, 0.05) is 6.07 Å². The van der Waals surface area contributed by atoms with E-state index in [9.17, 15) is 15.4 Å². The lowest BCUT2D eigenvalue weighted by Crippen LogP contribution is -2.21. The normalized spacial score (nSPS) is 12.4. The number of aromatic nitrogens is 1. The molecule has 1 heterocycles. The number of ether oxygens (including phenoxy) is 1. The molecule has 112 valence electrons. The first-order valence-corrected chi connectivity index (χ1v) is 6.46. The minimum absolute atomic E-state index is 0.0599. The van der Waals surface area contributed by atoms with Crippen LogP contribution in [-0.2, 0) is 4.74 Å². The molecule has 1 unspecified atom stereocenters. The molecule has 1 aromatic heterocycles. The second-order valence-electron chi connectivity index (χ2n) is 5.80. The summed E-state index contributed by atoms with van der Waals surface area (Å²) in [6.07, 6.45) is 0. The molecule has 0 aliphatic rings. The fraction of sp³-hybridized carbons (Fsp3) is 0.467. The SMILES string of the molecule is C=C(OC(C)(C)C)C(C#N)c1nc(C)c([N+](=O)[O-])cc1C. The van der Waals surface area contributed by atoms with Crippen molar-refractivity contribution in [2.45, 2.75) is 46.1 Å². The van der Waals surface area contributed by atoms with E-state index in [-0.39, 0.29) is 17.1 Å². The third-order valence-electron chi connectivity index (χ3n) is 2.77. The average molecular weight is 289 g/mol. The number of nitrogens with zero attached hydrogens (tertiary/aromatic N) is 3. The quantitative estimate of drug-likeness (QED) is 0.480. The van der Waals surface area contributed by atoms with Crippen molar-refractivity contribution in [3.05, 3.63) is 45.5 Å². The van der Waals surface area contributed by atoms with Gasteiger partial charge in [-0.2, -0.15) is 5.26 Å². The van der Waals surface area contributed by atoms with Crippen LogP contribution in [0.3, 0.4) is 0 Å². The predicted octanol–water partition coefficient (Wildman–Crippen LogP) is 3.54. The first-order chi connectivity index (χ1) is 9.56. The maximum atomic E-state index is 10.9. The summed E-state index contributed by atoms with van der Waals surface area (Å²) in [7, 11) is 0. The summed E-state index contributed by atoms with van der Waals surface area (Å²) in [5, 5.41) is 20.3. The van der Waals surface area contributed by atoms with Gasteiger partial charge in [0.1, 0.15) is 23.0 Å². The Morgan fingerprint density at radius 2 is 2.10 bits per heavy atom. The second kappa shape index (κ2) is 5.92. The van der Waals surface area contributed by atoms with Gasteiger partial charge >= 0.3 is 0 Å². The maximum absolute atomic E-state index is 10.9. The number of aryl methyl sites for hydroxylation is 2. The van der Waals surface area contributed by atoms with Gasteiger partial charge in [0.25, 0.3) is 5.69 Å². The van der Waals surface area contributed by atoms with Crippen LogP contribution in [0.15, 0.2) is 18.4 Å². The average Bonchev–Trinajstić information content (AvgIpc) is 2.31. The number of pyridine rings is 1. The third kappa shape index (κ3) is 4.02. The summed E-state index contributed by atoms with van der Waals surface area (Å²) in [4.78, 5) is 14.6. The number of hydrogen-bond acceptors (Lipinski definition) is 5. The van der Waals surface area contributed by atoms with E-state index in [1.807, 2.05) is 20.8 Å². The molecule has 0 fully saturated rings. The Bertz CT molecular complexity index is 624. The van der Waals surface area contributed by atoms with Gasteiger partial charge in [-0.3, -0.25) is 10.1 Å². The molecule has 6 nitrogen and oxygen atoms in total. The van der Waals surface area contributed by atoms with Crippen molar-refractivity contribution in [2.24, 2.45) is 0 Å². The lowest BCUT2D eigenvalue weighted by atomic mass is 9.99. The minimum atomic E-state index is -0.760. The van der Waals surface area contributed by atoms with Crippen LogP contribution in [0.1, 0.15) is 43.6 Å². The van der Waals surface area contributed by atoms with Gasteiger partial charge in [-0.25, -0.2) is 4.98 Å². The highest BCUT2D eigenvalue weighted by Crippen LogP contribution is 2.30. The third-order valence-corrected chi connectivity index (χ3v) is 2.77. The first kappa shape index (κ1) is 16.6. The molecule has 0 saturated carbocycles. The Morgan fingerprint density at radius 3 is 2.52 bits per heavy atom. The van der Waals surface area contributed by atoms with Crippen molar-refractivity contribution in [3.63, 3.8) is 0 Å². The zero-order valence-corrected chi connectivity index (χ0v) is 12.9. The molecule has 0 spiro atoms. The maximum Gasteiger partial charge on any atom is 0.290 e. The smallest absolute Gasteiger partial charge is 0.290 e. The van der Waals surface area contributed by atoms with E-state index in [1.165, 1.54) is 6.07 Å². The van der Waals surface area contributed by atoms with Crippen LogP contribution in [0.4, 0.5) is 5.69 Å².